The first-order chi connectivity index (χ1) is 20.0. The monoisotopic (exact) mass is 595 g/mol. The maximum absolute atomic E-state index is 11.7. The number of nitrogens with one attached hydrogen (secondary N) is 2. The summed E-state index contributed by atoms with van der Waals surface area (Å²) >= 11 is 0. The van der Waals surface area contributed by atoms with Crippen molar-refractivity contribution < 1.29 is 28.2 Å². The first-order valence-electron chi connectivity index (χ1n) is 13.2. The molecule has 2 atom stereocenters. The lowest BCUT2D eigenvalue weighted by Crippen LogP contribution is -2.54. The number of rotatable bonds is 10. The lowest BCUT2D eigenvalue weighted by molar-refractivity contribution is -0.133. The Morgan fingerprint density at radius 3 is 2.69 bits per heavy atom. The number of fused-ring (bicyclic) bond motifs is 1. The number of piperidine rings is 1. The molecule has 2 aromatic heterocycles. The number of hydrogen-bond donors (Lipinski definition) is 5. The molecule has 0 radical (unpaired) electrons. The van der Waals surface area contributed by atoms with Crippen LogP contribution in [0, 0.1) is 0 Å². The molecule has 3 heterocycles. The predicted octanol–water partition coefficient (Wildman–Crippen LogP) is 1.30. The molecule has 0 aliphatic carbocycles. The van der Waals surface area contributed by atoms with E-state index in [9.17, 15) is 23.4 Å². The number of carbonyl (C=O) groups is 1. The van der Waals surface area contributed by atoms with Crippen LogP contribution in [0.5, 0.6) is 5.75 Å². The molecule has 1 aliphatic rings. The van der Waals surface area contributed by atoms with Crippen LogP contribution in [0.4, 0.5) is 17.3 Å². The van der Waals surface area contributed by atoms with E-state index in [4.69, 9.17) is 10.5 Å². The number of primary amides is 1. The Balaban J connectivity index is 1.41. The van der Waals surface area contributed by atoms with Gasteiger partial charge in [-0.2, -0.15) is 0 Å². The molecule has 42 heavy (non-hydrogen) atoms. The lowest BCUT2D eigenvalue weighted by atomic mass is 9.82. The van der Waals surface area contributed by atoms with Gasteiger partial charge < -0.3 is 31.3 Å². The molecule has 1 fully saturated rings. The fourth-order valence-electron chi connectivity index (χ4n) is 5.10. The number of para-hydroxylation sites is 1. The number of methoxy groups -OCH3 is 1. The second-order valence-corrected chi connectivity index (χ2v) is 12.5. The van der Waals surface area contributed by atoms with Crippen molar-refractivity contribution in [2.75, 3.05) is 49.5 Å². The van der Waals surface area contributed by atoms with Gasteiger partial charge in [-0.25, -0.2) is 17.9 Å². The van der Waals surface area contributed by atoms with Gasteiger partial charge in [-0.05, 0) is 42.3 Å². The number of aliphatic hydroxyl groups excluding tert-OH is 1. The van der Waals surface area contributed by atoms with E-state index in [-0.39, 0.29) is 31.3 Å². The van der Waals surface area contributed by atoms with Crippen LogP contribution in [-0.2, 0) is 20.2 Å². The van der Waals surface area contributed by atoms with Crippen molar-refractivity contribution in [2.24, 2.45) is 5.73 Å². The van der Waals surface area contributed by atoms with Crippen LogP contribution in [0.1, 0.15) is 12.0 Å². The summed E-state index contributed by atoms with van der Waals surface area (Å²) in [6, 6.07) is 16.2. The van der Waals surface area contributed by atoms with E-state index in [0.717, 1.165) is 16.8 Å². The van der Waals surface area contributed by atoms with E-state index in [1.54, 1.807) is 39.9 Å². The largest absolute Gasteiger partial charge is 0.495 e. The van der Waals surface area contributed by atoms with Crippen molar-refractivity contribution >= 4 is 38.6 Å². The standard InChI is InChI=1S/C28H33N7O6S/c1-41-24-13-18(28(38)11-12-34(15-25(28)36)16-26(29)37)7-9-22(24)32-27-30-14-19-8-10-23(35(19)33-27)20-5-3-4-6-21(20)31-17-42(2,39)40/h3-10,13-14,25,31,36,38H,11-12,15-17H2,1-2H3,(H2,29,37)(H,32,33)/t25-,28-/m0/s1. The van der Waals surface area contributed by atoms with Crippen molar-refractivity contribution in [3.05, 3.63) is 66.4 Å². The smallest absolute Gasteiger partial charge is 0.245 e. The van der Waals surface area contributed by atoms with Gasteiger partial charge in [0, 0.05) is 30.6 Å². The van der Waals surface area contributed by atoms with E-state index >= 15 is 0 Å². The van der Waals surface area contributed by atoms with Gasteiger partial charge >= 0.3 is 0 Å². The molecule has 0 saturated carbocycles. The number of carbonyl (C=O) groups excluding carboxylic acids is 1. The third-order valence-electron chi connectivity index (χ3n) is 7.25. The van der Waals surface area contributed by atoms with Gasteiger partial charge in [0.1, 0.15) is 17.2 Å². The van der Waals surface area contributed by atoms with Crippen LogP contribution >= 0.6 is 0 Å². The molecule has 5 rings (SSSR count). The number of β-amino-alcohol motifs (C(OH)–C–C–N with tert-alkyl or cyclic N) is 1. The highest BCUT2D eigenvalue weighted by atomic mass is 32.2. The molecule has 0 unspecified atom stereocenters. The zero-order valence-corrected chi connectivity index (χ0v) is 24.0. The molecule has 14 heteroatoms. The Morgan fingerprint density at radius 1 is 1.19 bits per heavy atom. The second-order valence-electron chi connectivity index (χ2n) is 10.4. The molecule has 1 aliphatic heterocycles. The number of hydrogen-bond acceptors (Lipinski definition) is 11. The van der Waals surface area contributed by atoms with Gasteiger partial charge in [0.25, 0.3) is 0 Å². The minimum Gasteiger partial charge on any atom is -0.495 e. The van der Waals surface area contributed by atoms with Crippen LogP contribution < -0.4 is 21.1 Å². The first-order valence-corrected chi connectivity index (χ1v) is 15.3. The molecule has 0 bridgehead atoms. The van der Waals surface area contributed by atoms with Gasteiger partial charge in [-0.3, -0.25) is 9.69 Å². The highest BCUT2D eigenvalue weighted by Gasteiger charge is 2.42. The summed E-state index contributed by atoms with van der Waals surface area (Å²) in [5, 5.41) is 32.9. The van der Waals surface area contributed by atoms with Crippen LogP contribution in [0.2, 0.25) is 0 Å². The maximum Gasteiger partial charge on any atom is 0.245 e. The second kappa shape index (κ2) is 11.6. The van der Waals surface area contributed by atoms with Gasteiger partial charge in [-0.1, -0.05) is 24.3 Å². The number of aliphatic hydroxyl groups is 2. The lowest BCUT2D eigenvalue weighted by Gasteiger charge is -2.42. The number of ether oxygens (including phenoxy) is 1. The van der Waals surface area contributed by atoms with E-state index in [0.29, 0.717) is 29.2 Å². The summed E-state index contributed by atoms with van der Waals surface area (Å²) in [5.74, 6) is -0.0293. The number of benzene rings is 2. The van der Waals surface area contributed by atoms with Crippen molar-refractivity contribution in [3.8, 4) is 17.0 Å². The van der Waals surface area contributed by atoms with Crippen LogP contribution in [0.15, 0.2) is 60.8 Å². The van der Waals surface area contributed by atoms with Gasteiger partial charge in [-0.15, -0.1) is 5.10 Å². The Bertz CT molecular complexity index is 1730. The number of anilines is 3. The minimum atomic E-state index is -3.24. The first kappa shape index (κ1) is 29.3. The van der Waals surface area contributed by atoms with Crippen molar-refractivity contribution in [2.45, 2.75) is 18.1 Å². The highest BCUT2D eigenvalue weighted by molar-refractivity contribution is 7.90. The van der Waals surface area contributed by atoms with Crippen LogP contribution in [0.25, 0.3) is 16.8 Å². The summed E-state index contributed by atoms with van der Waals surface area (Å²) in [7, 11) is -1.74. The molecule has 6 N–H and O–H groups in total. The number of nitrogens with zero attached hydrogens (tertiary/aromatic N) is 4. The molecule has 222 valence electrons. The molecule has 1 amide bonds. The minimum absolute atomic E-state index is 0.00944. The van der Waals surface area contributed by atoms with E-state index < -0.39 is 27.4 Å². The van der Waals surface area contributed by atoms with Gasteiger partial charge in [0.05, 0.1) is 42.9 Å². The third-order valence-corrected chi connectivity index (χ3v) is 7.91. The zero-order valence-electron chi connectivity index (χ0n) is 23.2. The normalized spacial score (nSPS) is 19.5. The molecule has 4 aromatic rings. The SMILES string of the molecule is COc1cc([C@@]2(O)CCN(CC(N)=O)C[C@@H]2O)ccc1Nc1ncc2ccc(-c3ccccc3NCS(C)(=O)=O)n2n1. The Morgan fingerprint density at radius 2 is 1.98 bits per heavy atom. The van der Waals surface area contributed by atoms with Crippen LogP contribution in [-0.4, -0.2) is 89.0 Å². The number of amides is 1. The molecule has 0 spiro atoms. The zero-order chi connectivity index (χ0) is 30.1. The highest BCUT2D eigenvalue weighted by Crippen LogP contribution is 2.38. The van der Waals surface area contributed by atoms with Crippen molar-refractivity contribution in [1.82, 2.24) is 19.5 Å². The van der Waals surface area contributed by atoms with Crippen LogP contribution in [0.3, 0.4) is 0 Å². The van der Waals surface area contributed by atoms with Gasteiger partial charge in [0.15, 0.2) is 9.84 Å². The Kier molecular flexibility index (Phi) is 8.06. The van der Waals surface area contributed by atoms with Crippen molar-refractivity contribution in [1.29, 1.82) is 0 Å². The molecule has 13 nitrogen and oxygen atoms in total. The average molecular weight is 596 g/mol. The summed E-state index contributed by atoms with van der Waals surface area (Å²) < 4.78 is 30.8. The number of aromatic nitrogens is 3. The number of nitrogens with two attached hydrogens (primary N) is 1. The summed E-state index contributed by atoms with van der Waals surface area (Å²) in [5.41, 5.74) is 7.62. The molecular formula is C28H33N7O6S. The van der Waals surface area contributed by atoms with E-state index in [1.165, 1.54) is 13.4 Å². The summed E-state index contributed by atoms with van der Waals surface area (Å²) in [6.07, 6.45) is 1.89. The number of sulfone groups is 1. The Labute approximate surface area is 242 Å². The molecule has 2 aromatic carbocycles. The molecule has 1 saturated heterocycles. The predicted molar refractivity (Wildman–Crippen MR) is 158 cm³/mol. The Hall–Kier alpha value is -4.24. The van der Waals surface area contributed by atoms with Gasteiger partial charge in [0.2, 0.25) is 11.9 Å². The average Bonchev–Trinajstić information content (AvgIpc) is 3.37. The topological polar surface area (TPSA) is 184 Å². The van der Waals surface area contributed by atoms with E-state index in [1.807, 2.05) is 30.3 Å². The molecular weight excluding hydrogens is 562 g/mol. The summed E-state index contributed by atoms with van der Waals surface area (Å²) in [6.45, 7) is 0.496. The fourth-order valence-corrected chi connectivity index (χ4v) is 5.52. The maximum atomic E-state index is 11.7. The third kappa shape index (κ3) is 6.16. The van der Waals surface area contributed by atoms with Crippen molar-refractivity contribution in [3.63, 3.8) is 0 Å². The summed E-state index contributed by atoms with van der Waals surface area (Å²) in [4.78, 5) is 17.4. The number of likely N-dealkylation sites (tertiary alicyclic amines) is 1. The fraction of sp³-hybridized carbons (Fsp3) is 0.321. The quantitative estimate of drug-likeness (QED) is 0.178. The van der Waals surface area contributed by atoms with E-state index in [2.05, 4.69) is 20.7 Å².